The van der Waals surface area contributed by atoms with Crippen LogP contribution in [0.25, 0.3) is 0 Å². The maximum Gasteiger partial charge on any atom is 0.270 e. The minimum absolute atomic E-state index is 0.195. The van der Waals surface area contributed by atoms with Crippen LogP contribution in [0, 0.1) is 5.82 Å². The van der Waals surface area contributed by atoms with Crippen molar-refractivity contribution < 1.29 is 9.18 Å². The van der Waals surface area contributed by atoms with Gasteiger partial charge in [-0.05, 0) is 12.1 Å². The summed E-state index contributed by atoms with van der Waals surface area (Å²) in [4.78, 5) is 19.5. The van der Waals surface area contributed by atoms with Crippen molar-refractivity contribution in [2.75, 3.05) is 11.9 Å². The average Bonchev–Trinajstić information content (AvgIpc) is 2.47. The van der Waals surface area contributed by atoms with Gasteiger partial charge in [0.1, 0.15) is 23.7 Å². The van der Waals surface area contributed by atoms with Crippen molar-refractivity contribution in [2.24, 2.45) is 0 Å². The molecule has 0 saturated heterocycles. The molecule has 1 aromatic heterocycles. The molecule has 102 valence electrons. The van der Waals surface area contributed by atoms with E-state index in [2.05, 4.69) is 27.2 Å². The first-order valence-corrected chi connectivity index (χ1v) is 5.93. The normalized spacial score (nSPS) is 9.85. The molecule has 0 aliphatic carbocycles. The summed E-state index contributed by atoms with van der Waals surface area (Å²) < 4.78 is 13.5. The number of para-hydroxylation sites is 1. The lowest BCUT2D eigenvalue weighted by Gasteiger charge is -2.07. The Hall–Kier alpha value is -2.76. The first kappa shape index (κ1) is 13.7. The molecule has 0 unspecified atom stereocenters. The number of nitrogens with zero attached hydrogens (tertiary/aromatic N) is 2. The molecule has 0 spiro atoms. The molecular formula is C14H13FN4O. The summed E-state index contributed by atoms with van der Waals surface area (Å²) in [6.45, 7) is 3.85. The van der Waals surface area contributed by atoms with E-state index in [4.69, 9.17) is 0 Å². The number of hydrogen-bond donors (Lipinski definition) is 2. The molecule has 0 atom stereocenters. The number of hydrogen-bond acceptors (Lipinski definition) is 4. The number of carbonyl (C=O) groups is 1. The van der Waals surface area contributed by atoms with E-state index in [0.29, 0.717) is 12.4 Å². The third-order valence-electron chi connectivity index (χ3n) is 2.44. The smallest absolute Gasteiger partial charge is 0.270 e. The molecule has 1 heterocycles. The number of carbonyl (C=O) groups excluding carboxylic acids is 1. The van der Waals surface area contributed by atoms with Crippen LogP contribution >= 0.6 is 0 Å². The summed E-state index contributed by atoms with van der Waals surface area (Å²) in [5.74, 6) is -0.401. The summed E-state index contributed by atoms with van der Waals surface area (Å²) in [6, 6.07) is 7.65. The molecule has 2 aromatic rings. The second kappa shape index (κ2) is 6.42. The molecule has 20 heavy (non-hydrogen) atoms. The number of halogens is 1. The third-order valence-corrected chi connectivity index (χ3v) is 2.44. The van der Waals surface area contributed by atoms with E-state index in [1.54, 1.807) is 24.3 Å². The van der Waals surface area contributed by atoms with Gasteiger partial charge in [0.05, 0.1) is 5.69 Å². The lowest BCUT2D eigenvalue weighted by Crippen LogP contribution is -2.24. The van der Waals surface area contributed by atoms with Gasteiger partial charge in [-0.3, -0.25) is 4.79 Å². The van der Waals surface area contributed by atoms with Crippen molar-refractivity contribution in [3.63, 3.8) is 0 Å². The van der Waals surface area contributed by atoms with Crippen LogP contribution in [0.5, 0.6) is 0 Å². The topological polar surface area (TPSA) is 66.9 Å². The van der Waals surface area contributed by atoms with Gasteiger partial charge in [0.25, 0.3) is 5.91 Å². The van der Waals surface area contributed by atoms with Crippen molar-refractivity contribution in [3.05, 3.63) is 60.8 Å². The van der Waals surface area contributed by atoms with Gasteiger partial charge in [-0.2, -0.15) is 0 Å². The molecule has 0 radical (unpaired) electrons. The summed E-state index contributed by atoms with van der Waals surface area (Å²) in [7, 11) is 0. The largest absolute Gasteiger partial charge is 0.347 e. The van der Waals surface area contributed by atoms with Gasteiger partial charge in [0, 0.05) is 12.6 Å². The molecule has 6 heteroatoms. The van der Waals surface area contributed by atoms with Crippen LogP contribution in [0.3, 0.4) is 0 Å². The quantitative estimate of drug-likeness (QED) is 0.819. The monoisotopic (exact) mass is 272 g/mol. The Labute approximate surface area is 115 Å². The second-order valence-corrected chi connectivity index (χ2v) is 3.89. The highest BCUT2D eigenvalue weighted by Gasteiger charge is 2.08. The zero-order valence-corrected chi connectivity index (χ0v) is 10.6. The zero-order chi connectivity index (χ0) is 14.4. The molecule has 0 bridgehead atoms. The maximum atomic E-state index is 13.5. The summed E-state index contributed by atoms with van der Waals surface area (Å²) >= 11 is 0. The van der Waals surface area contributed by atoms with E-state index < -0.39 is 5.82 Å². The van der Waals surface area contributed by atoms with E-state index >= 15 is 0 Å². The number of benzene rings is 1. The van der Waals surface area contributed by atoms with E-state index in [9.17, 15) is 9.18 Å². The van der Waals surface area contributed by atoms with E-state index in [1.807, 2.05) is 0 Å². The summed E-state index contributed by atoms with van der Waals surface area (Å²) in [6.07, 6.45) is 2.81. The van der Waals surface area contributed by atoms with Crippen LogP contribution in [0.15, 0.2) is 49.3 Å². The highest BCUT2D eigenvalue weighted by Crippen LogP contribution is 2.17. The summed E-state index contributed by atoms with van der Waals surface area (Å²) in [5, 5.41) is 5.40. The van der Waals surface area contributed by atoms with Gasteiger partial charge in [0.15, 0.2) is 0 Å². The maximum absolute atomic E-state index is 13.5. The molecule has 0 saturated carbocycles. The Morgan fingerprint density at radius 2 is 2.15 bits per heavy atom. The molecule has 0 fully saturated rings. The number of rotatable bonds is 5. The third kappa shape index (κ3) is 3.38. The first-order chi connectivity index (χ1) is 9.70. The van der Waals surface area contributed by atoms with Gasteiger partial charge >= 0.3 is 0 Å². The van der Waals surface area contributed by atoms with Gasteiger partial charge in [-0.25, -0.2) is 14.4 Å². The van der Waals surface area contributed by atoms with Crippen molar-refractivity contribution in [1.82, 2.24) is 15.3 Å². The minimum atomic E-state index is -0.399. The number of nitrogens with one attached hydrogen (secondary N) is 2. The van der Waals surface area contributed by atoms with Crippen LogP contribution < -0.4 is 10.6 Å². The highest BCUT2D eigenvalue weighted by molar-refractivity contribution is 5.93. The highest BCUT2D eigenvalue weighted by atomic mass is 19.1. The van der Waals surface area contributed by atoms with Crippen LogP contribution in [0.1, 0.15) is 10.5 Å². The standard InChI is InChI=1S/C14H13FN4O/c1-2-7-16-14(20)12-8-13(18-9-17-12)19-11-6-4-3-5-10(11)15/h2-6,8-9H,1,7H2,(H,16,20)(H,17,18,19). The molecule has 0 aliphatic heterocycles. The Morgan fingerprint density at radius 3 is 2.90 bits per heavy atom. The van der Waals surface area contributed by atoms with Crippen LogP contribution in [-0.2, 0) is 0 Å². The predicted molar refractivity (Wildman–Crippen MR) is 74.2 cm³/mol. The van der Waals surface area contributed by atoms with Crippen LogP contribution in [0.4, 0.5) is 15.9 Å². The number of aromatic nitrogens is 2. The fraction of sp³-hybridized carbons (Fsp3) is 0.0714. The molecular weight excluding hydrogens is 259 g/mol. The molecule has 1 aromatic carbocycles. The van der Waals surface area contributed by atoms with Crippen molar-refractivity contribution >= 4 is 17.4 Å². The van der Waals surface area contributed by atoms with Crippen molar-refractivity contribution in [3.8, 4) is 0 Å². The van der Waals surface area contributed by atoms with E-state index in [0.717, 1.165) is 0 Å². The molecule has 2 N–H and O–H groups in total. The molecule has 0 aliphatic rings. The second-order valence-electron chi connectivity index (χ2n) is 3.89. The Morgan fingerprint density at radius 1 is 1.35 bits per heavy atom. The average molecular weight is 272 g/mol. The van der Waals surface area contributed by atoms with Gasteiger partial charge in [-0.15, -0.1) is 6.58 Å². The van der Waals surface area contributed by atoms with Crippen molar-refractivity contribution in [2.45, 2.75) is 0 Å². The van der Waals surface area contributed by atoms with E-state index in [-0.39, 0.29) is 17.3 Å². The van der Waals surface area contributed by atoms with Gasteiger partial charge in [-0.1, -0.05) is 18.2 Å². The fourth-order valence-corrected chi connectivity index (χ4v) is 1.51. The fourth-order valence-electron chi connectivity index (χ4n) is 1.51. The molecule has 5 nitrogen and oxygen atoms in total. The summed E-state index contributed by atoms with van der Waals surface area (Å²) in [5.41, 5.74) is 0.476. The number of anilines is 2. The SMILES string of the molecule is C=CCNC(=O)c1cc(Nc2ccccc2F)ncn1. The zero-order valence-electron chi connectivity index (χ0n) is 10.6. The van der Waals surface area contributed by atoms with Gasteiger partial charge < -0.3 is 10.6 Å². The Kier molecular flexibility index (Phi) is 4.39. The Bertz CT molecular complexity index is 630. The minimum Gasteiger partial charge on any atom is -0.347 e. The number of amides is 1. The molecule has 1 amide bonds. The van der Waals surface area contributed by atoms with Crippen LogP contribution in [-0.4, -0.2) is 22.4 Å². The van der Waals surface area contributed by atoms with Crippen molar-refractivity contribution in [1.29, 1.82) is 0 Å². The molecule has 2 rings (SSSR count). The van der Waals surface area contributed by atoms with Gasteiger partial charge in [0.2, 0.25) is 0 Å². The predicted octanol–water partition coefficient (Wildman–Crippen LogP) is 2.28. The first-order valence-electron chi connectivity index (χ1n) is 5.93. The lowest BCUT2D eigenvalue weighted by molar-refractivity contribution is 0.0953. The van der Waals surface area contributed by atoms with Crippen LogP contribution in [0.2, 0.25) is 0 Å². The lowest BCUT2D eigenvalue weighted by atomic mass is 10.3. The van der Waals surface area contributed by atoms with E-state index in [1.165, 1.54) is 18.5 Å². The Balaban J connectivity index is 2.16.